The normalized spacial score (nSPS) is 21.5. The first-order chi connectivity index (χ1) is 8.04. The molecule has 17 heavy (non-hydrogen) atoms. The van der Waals surface area contributed by atoms with E-state index >= 15 is 0 Å². The maximum absolute atomic E-state index is 12.1. The molecule has 1 aromatic rings. The van der Waals surface area contributed by atoms with E-state index in [1.807, 2.05) is 0 Å². The van der Waals surface area contributed by atoms with Gasteiger partial charge in [0.25, 0.3) is 0 Å². The third-order valence-electron chi connectivity index (χ3n) is 2.83. The van der Waals surface area contributed by atoms with Gasteiger partial charge in [0.05, 0.1) is 0 Å². The van der Waals surface area contributed by atoms with Gasteiger partial charge in [-0.1, -0.05) is 18.6 Å². The Balaban J connectivity index is 2.02. The van der Waals surface area contributed by atoms with E-state index in [0.717, 1.165) is 18.5 Å². The van der Waals surface area contributed by atoms with Gasteiger partial charge in [0.2, 0.25) is 0 Å². The Bertz CT molecular complexity index is 355. The van der Waals surface area contributed by atoms with Crippen molar-refractivity contribution in [1.29, 1.82) is 0 Å². The molecule has 0 saturated carbocycles. The molecule has 1 saturated heterocycles. The maximum atomic E-state index is 12.1. The van der Waals surface area contributed by atoms with Crippen LogP contribution in [0.2, 0.25) is 0 Å². The number of benzene rings is 1. The van der Waals surface area contributed by atoms with Gasteiger partial charge >= 0.3 is 5.51 Å². The van der Waals surface area contributed by atoms with Crippen molar-refractivity contribution in [3.8, 4) is 0 Å². The van der Waals surface area contributed by atoms with Crippen molar-refractivity contribution in [3.63, 3.8) is 0 Å². The average Bonchev–Trinajstić information content (AvgIpc) is 2.29. The highest BCUT2D eigenvalue weighted by Crippen LogP contribution is 2.37. The second kappa shape index (κ2) is 5.31. The third kappa shape index (κ3) is 3.92. The van der Waals surface area contributed by atoms with Crippen LogP contribution < -0.4 is 5.32 Å². The molecule has 1 aliphatic heterocycles. The van der Waals surface area contributed by atoms with Gasteiger partial charge in [-0.2, -0.15) is 13.2 Å². The summed E-state index contributed by atoms with van der Waals surface area (Å²) in [6.07, 6.45) is 3.42. The van der Waals surface area contributed by atoms with Crippen molar-refractivity contribution in [1.82, 2.24) is 5.32 Å². The Labute approximate surface area is 103 Å². The molecule has 0 radical (unpaired) electrons. The lowest BCUT2D eigenvalue weighted by Crippen LogP contribution is -2.26. The monoisotopic (exact) mass is 261 g/mol. The molecule has 0 aromatic heterocycles. The van der Waals surface area contributed by atoms with E-state index in [9.17, 15) is 13.2 Å². The number of rotatable bonds is 2. The second-order valence-electron chi connectivity index (χ2n) is 4.12. The molecule has 0 bridgehead atoms. The van der Waals surface area contributed by atoms with Crippen molar-refractivity contribution in [2.24, 2.45) is 0 Å². The standard InChI is InChI=1S/C12H14F3NS/c13-12(14,15)17-10-6-4-9(5-7-10)11-3-1-2-8-16-11/h4-7,11,16H,1-3,8H2/t11-/m0/s1. The molecule has 0 amide bonds. The highest BCUT2D eigenvalue weighted by atomic mass is 32.2. The number of nitrogens with one attached hydrogen (secondary N) is 1. The van der Waals surface area contributed by atoms with Crippen LogP contribution in [0, 0.1) is 0 Å². The summed E-state index contributed by atoms with van der Waals surface area (Å²) in [4.78, 5) is 0.247. The maximum Gasteiger partial charge on any atom is 0.446 e. The number of alkyl halides is 3. The zero-order valence-corrected chi connectivity index (χ0v) is 10.1. The van der Waals surface area contributed by atoms with E-state index in [0.29, 0.717) is 6.04 Å². The SMILES string of the molecule is FC(F)(F)Sc1ccc([C@@H]2CCCCN2)cc1. The van der Waals surface area contributed by atoms with Gasteiger partial charge in [0, 0.05) is 10.9 Å². The molecule has 1 aromatic carbocycles. The summed E-state index contributed by atoms with van der Waals surface area (Å²) in [7, 11) is 0. The van der Waals surface area contributed by atoms with Crippen molar-refractivity contribution >= 4 is 11.8 Å². The fourth-order valence-corrected chi connectivity index (χ4v) is 2.58. The van der Waals surface area contributed by atoms with Gasteiger partial charge in [0.15, 0.2) is 0 Å². The zero-order valence-electron chi connectivity index (χ0n) is 9.26. The van der Waals surface area contributed by atoms with Crippen LogP contribution in [0.5, 0.6) is 0 Å². The summed E-state index contributed by atoms with van der Waals surface area (Å²) in [5, 5.41) is 3.37. The fourth-order valence-electron chi connectivity index (χ4n) is 2.04. The highest BCUT2D eigenvalue weighted by molar-refractivity contribution is 8.00. The molecular formula is C12H14F3NS. The van der Waals surface area contributed by atoms with Crippen LogP contribution in [0.15, 0.2) is 29.2 Å². The summed E-state index contributed by atoms with van der Waals surface area (Å²) in [6.45, 7) is 0.990. The smallest absolute Gasteiger partial charge is 0.310 e. The van der Waals surface area contributed by atoms with Gasteiger partial charge in [-0.15, -0.1) is 0 Å². The first kappa shape index (κ1) is 12.8. The second-order valence-corrected chi connectivity index (χ2v) is 5.26. The summed E-state index contributed by atoms with van der Waals surface area (Å²) >= 11 is -0.0643. The van der Waals surface area contributed by atoms with Crippen LogP contribution in [0.3, 0.4) is 0 Å². The van der Waals surface area contributed by atoms with Crippen LogP contribution in [0.25, 0.3) is 0 Å². The molecule has 1 nitrogen and oxygen atoms in total. The molecule has 1 aliphatic rings. The first-order valence-corrected chi connectivity index (χ1v) is 6.45. The van der Waals surface area contributed by atoms with Crippen molar-refractivity contribution in [3.05, 3.63) is 29.8 Å². The lowest BCUT2D eigenvalue weighted by Gasteiger charge is -2.23. The van der Waals surface area contributed by atoms with Crippen LogP contribution in [-0.2, 0) is 0 Å². The molecule has 1 heterocycles. The Morgan fingerprint density at radius 2 is 1.82 bits per heavy atom. The number of thioether (sulfide) groups is 1. The van der Waals surface area contributed by atoms with E-state index in [1.165, 1.54) is 12.8 Å². The van der Waals surface area contributed by atoms with Crippen LogP contribution in [-0.4, -0.2) is 12.1 Å². The molecular weight excluding hydrogens is 247 g/mol. The van der Waals surface area contributed by atoms with E-state index in [2.05, 4.69) is 5.32 Å². The molecule has 1 atom stereocenters. The topological polar surface area (TPSA) is 12.0 Å². The van der Waals surface area contributed by atoms with Crippen LogP contribution in [0.4, 0.5) is 13.2 Å². The van der Waals surface area contributed by atoms with Crippen molar-refractivity contribution in [2.45, 2.75) is 35.7 Å². The molecule has 0 aliphatic carbocycles. The summed E-state index contributed by atoms with van der Waals surface area (Å²) in [5.41, 5.74) is -3.12. The lowest BCUT2D eigenvalue weighted by molar-refractivity contribution is -0.0328. The minimum Gasteiger partial charge on any atom is -0.310 e. The van der Waals surface area contributed by atoms with Crippen molar-refractivity contribution < 1.29 is 13.2 Å². The molecule has 2 rings (SSSR count). The molecule has 94 valence electrons. The molecule has 1 fully saturated rings. The Morgan fingerprint density at radius 3 is 2.35 bits per heavy atom. The Hall–Kier alpha value is -0.680. The Morgan fingerprint density at radius 1 is 1.12 bits per heavy atom. The summed E-state index contributed by atoms with van der Waals surface area (Å²) in [6, 6.07) is 6.97. The Kier molecular flexibility index (Phi) is 3.99. The van der Waals surface area contributed by atoms with Gasteiger partial charge in [0.1, 0.15) is 0 Å². The number of halogens is 3. The third-order valence-corrected chi connectivity index (χ3v) is 3.57. The average molecular weight is 261 g/mol. The van der Waals surface area contributed by atoms with Gasteiger partial charge < -0.3 is 5.32 Å². The molecule has 1 N–H and O–H groups in total. The van der Waals surface area contributed by atoms with Gasteiger partial charge in [-0.25, -0.2) is 0 Å². The molecule has 5 heteroatoms. The minimum atomic E-state index is -4.20. The number of hydrogen-bond donors (Lipinski definition) is 1. The van der Waals surface area contributed by atoms with E-state index in [4.69, 9.17) is 0 Å². The van der Waals surface area contributed by atoms with Crippen LogP contribution in [0.1, 0.15) is 30.9 Å². The predicted octanol–water partition coefficient (Wildman–Crippen LogP) is 4.11. The molecule has 0 unspecified atom stereocenters. The summed E-state index contributed by atoms with van der Waals surface area (Å²) < 4.78 is 36.4. The quantitative estimate of drug-likeness (QED) is 0.804. The number of piperidine rings is 1. The fraction of sp³-hybridized carbons (Fsp3) is 0.500. The molecule has 0 spiro atoms. The summed E-state index contributed by atoms with van der Waals surface area (Å²) in [5.74, 6) is 0. The highest BCUT2D eigenvalue weighted by Gasteiger charge is 2.29. The number of hydrogen-bond acceptors (Lipinski definition) is 2. The largest absolute Gasteiger partial charge is 0.446 e. The van der Waals surface area contributed by atoms with Gasteiger partial charge in [-0.05, 0) is 48.8 Å². The van der Waals surface area contributed by atoms with E-state index in [-0.39, 0.29) is 16.7 Å². The lowest BCUT2D eigenvalue weighted by atomic mass is 9.98. The van der Waals surface area contributed by atoms with Gasteiger partial charge in [-0.3, -0.25) is 0 Å². The van der Waals surface area contributed by atoms with Crippen molar-refractivity contribution in [2.75, 3.05) is 6.54 Å². The minimum absolute atomic E-state index is 0.0643. The zero-order chi connectivity index (χ0) is 12.3. The first-order valence-electron chi connectivity index (χ1n) is 5.64. The van der Waals surface area contributed by atoms with Crippen LogP contribution >= 0.6 is 11.8 Å². The van der Waals surface area contributed by atoms with E-state index in [1.54, 1.807) is 24.3 Å². The van der Waals surface area contributed by atoms with E-state index < -0.39 is 5.51 Å². The predicted molar refractivity (Wildman–Crippen MR) is 62.9 cm³/mol.